The Morgan fingerprint density at radius 1 is 1.27 bits per heavy atom. The Hall–Kier alpha value is -2.01. The summed E-state index contributed by atoms with van der Waals surface area (Å²) in [6, 6.07) is 10.4. The standard InChI is InChI=1S/C17H23N3OS/c1-13-6-7-16(21-3)14(11-13)8-9-19-17(18-2)20-12-15-5-4-10-22-15/h4-7,10-11H,8-9,12H2,1-3H3,(H2,18,19,20). The van der Waals surface area contributed by atoms with Crippen LogP contribution in [-0.4, -0.2) is 26.7 Å². The monoisotopic (exact) mass is 317 g/mol. The molecule has 0 atom stereocenters. The molecule has 5 heteroatoms. The predicted molar refractivity (Wildman–Crippen MR) is 94.0 cm³/mol. The summed E-state index contributed by atoms with van der Waals surface area (Å²) in [5, 5.41) is 8.74. The van der Waals surface area contributed by atoms with Gasteiger partial charge in [0.05, 0.1) is 13.7 Å². The summed E-state index contributed by atoms with van der Waals surface area (Å²) < 4.78 is 5.41. The highest BCUT2D eigenvalue weighted by Crippen LogP contribution is 2.19. The van der Waals surface area contributed by atoms with E-state index in [4.69, 9.17) is 4.74 Å². The molecule has 0 fully saturated rings. The van der Waals surface area contributed by atoms with E-state index < -0.39 is 0 Å². The van der Waals surface area contributed by atoms with Crippen molar-refractivity contribution in [2.75, 3.05) is 20.7 Å². The minimum atomic E-state index is 0.797. The number of aliphatic imine (C=N–C) groups is 1. The maximum absolute atomic E-state index is 5.41. The molecule has 22 heavy (non-hydrogen) atoms. The Labute approximate surface area is 136 Å². The number of nitrogens with zero attached hydrogens (tertiary/aromatic N) is 1. The molecule has 2 N–H and O–H groups in total. The van der Waals surface area contributed by atoms with E-state index in [-0.39, 0.29) is 0 Å². The van der Waals surface area contributed by atoms with Gasteiger partial charge in [-0.15, -0.1) is 11.3 Å². The van der Waals surface area contributed by atoms with Crippen molar-refractivity contribution in [3.05, 3.63) is 51.7 Å². The van der Waals surface area contributed by atoms with Gasteiger partial charge in [-0.2, -0.15) is 0 Å². The van der Waals surface area contributed by atoms with E-state index in [2.05, 4.69) is 52.2 Å². The summed E-state index contributed by atoms with van der Waals surface area (Å²) in [6.07, 6.45) is 0.893. The Morgan fingerprint density at radius 3 is 2.82 bits per heavy atom. The topological polar surface area (TPSA) is 45.7 Å². The molecule has 4 nitrogen and oxygen atoms in total. The van der Waals surface area contributed by atoms with Gasteiger partial charge in [0.1, 0.15) is 5.75 Å². The summed E-state index contributed by atoms with van der Waals surface area (Å²) >= 11 is 1.74. The molecular formula is C17H23N3OS. The number of hydrogen-bond donors (Lipinski definition) is 2. The fraction of sp³-hybridized carbons (Fsp3) is 0.353. The third kappa shape index (κ3) is 4.77. The van der Waals surface area contributed by atoms with E-state index in [1.165, 1.54) is 16.0 Å². The third-order valence-electron chi connectivity index (χ3n) is 3.36. The highest BCUT2D eigenvalue weighted by Gasteiger charge is 2.04. The summed E-state index contributed by atoms with van der Waals surface area (Å²) in [5.74, 6) is 1.76. The van der Waals surface area contributed by atoms with Gasteiger partial charge in [0.25, 0.3) is 0 Å². The van der Waals surface area contributed by atoms with Crippen molar-refractivity contribution >= 4 is 17.3 Å². The highest BCUT2D eigenvalue weighted by molar-refractivity contribution is 7.09. The SMILES string of the molecule is CN=C(NCCc1cc(C)ccc1OC)NCc1cccs1. The Kier molecular flexibility index (Phi) is 6.27. The van der Waals surface area contributed by atoms with Crippen molar-refractivity contribution in [1.29, 1.82) is 0 Å². The molecule has 0 radical (unpaired) electrons. The van der Waals surface area contributed by atoms with Gasteiger partial charge in [-0.05, 0) is 36.4 Å². The van der Waals surface area contributed by atoms with Crippen LogP contribution in [0.3, 0.4) is 0 Å². The molecule has 0 amide bonds. The van der Waals surface area contributed by atoms with Crippen molar-refractivity contribution < 1.29 is 4.74 Å². The third-order valence-corrected chi connectivity index (χ3v) is 4.23. The highest BCUT2D eigenvalue weighted by atomic mass is 32.1. The lowest BCUT2D eigenvalue weighted by Crippen LogP contribution is -2.37. The lowest BCUT2D eigenvalue weighted by molar-refractivity contribution is 0.409. The summed E-state index contributed by atoms with van der Waals surface area (Å²) in [5.41, 5.74) is 2.46. The molecular weight excluding hydrogens is 294 g/mol. The van der Waals surface area contributed by atoms with Crippen LogP contribution in [0, 0.1) is 6.92 Å². The van der Waals surface area contributed by atoms with Crippen LogP contribution in [-0.2, 0) is 13.0 Å². The second kappa shape index (κ2) is 8.44. The first-order chi connectivity index (χ1) is 10.7. The number of ether oxygens (including phenoxy) is 1. The summed E-state index contributed by atoms with van der Waals surface area (Å²) in [7, 11) is 3.50. The van der Waals surface area contributed by atoms with E-state index in [0.717, 1.165) is 31.2 Å². The van der Waals surface area contributed by atoms with Gasteiger partial charge in [0.15, 0.2) is 5.96 Å². The van der Waals surface area contributed by atoms with Crippen LogP contribution >= 0.6 is 11.3 Å². The van der Waals surface area contributed by atoms with E-state index in [1.807, 2.05) is 6.07 Å². The van der Waals surface area contributed by atoms with Crippen LogP contribution in [0.5, 0.6) is 5.75 Å². The molecule has 0 bridgehead atoms. The minimum Gasteiger partial charge on any atom is -0.496 e. The molecule has 0 saturated carbocycles. The molecule has 0 aliphatic carbocycles. The molecule has 1 aromatic carbocycles. The van der Waals surface area contributed by atoms with Crippen molar-refractivity contribution in [3.8, 4) is 5.75 Å². The van der Waals surface area contributed by atoms with E-state index in [0.29, 0.717) is 0 Å². The molecule has 2 rings (SSSR count). The number of aryl methyl sites for hydroxylation is 1. The van der Waals surface area contributed by atoms with Crippen LogP contribution in [0.25, 0.3) is 0 Å². The minimum absolute atomic E-state index is 0.797. The van der Waals surface area contributed by atoms with E-state index in [9.17, 15) is 0 Å². The van der Waals surface area contributed by atoms with Crippen LogP contribution < -0.4 is 15.4 Å². The van der Waals surface area contributed by atoms with Crippen LogP contribution in [0.4, 0.5) is 0 Å². The smallest absolute Gasteiger partial charge is 0.191 e. The molecule has 1 heterocycles. The average molecular weight is 317 g/mol. The second-order valence-corrected chi connectivity index (χ2v) is 6.03. The molecule has 0 spiro atoms. The molecule has 118 valence electrons. The number of guanidine groups is 1. The Bertz CT molecular complexity index is 608. The lowest BCUT2D eigenvalue weighted by Gasteiger charge is -2.13. The van der Waals surface area contributed by atoms with E-state index in [1.54, 1.807) is 25.5 Å². The van der Waals surface area contributed by atoms with Gasteiger partial charge in [0, 0.05) is 18.5 Å². The van der Waals surface area contributed by atoms with Crippen molar-refractivity contribution in [3.63, 3.8) is 0 Å². The molecule has 0 aliphatic heterocycles. The maximum atomic E-state index is 5.41. The number of hydrogen-bond acceptors (Lipinski definition) is 3. The number of benzene rings is 1. The Balaban J connectivity index is 1.82. The largest absolute Gasteiger partial charge is 0.496 e. The second-order valence-electron chi connectivity index (χ2n) is 5.00. The lowest BCUT2D eigenvalue weighted by atomic mass is 10.1. The fourth-order valence-corrected chi connectivity index (χ4v) is 2.87. The molecule has 2 aromatic rings. The number of methoxy groups -OCH3 is 1. The van der Waals surface area contributed by atoms with Gasteiger partial charge in [-0.3, -0.25) is 4.99 Å². The van der Waals surface area contributed by atoms with Crippen molar-refractivity contribution in [1.82, 2.24) is 10.6 Å². The quantitative estimate of drug-likeness (QED) is 0.636. The van der Waals surface area contributed by atoms with Crippen LogP contribution in [0.1, 0.15) is 16.0 Å². The molecule has 1 aromatic heterocycles. The molecule has 0 aliphatic rings. The van der Waals surface area contributed by atoms with Crippen LogP contribution in [0.2, 0.25) is 0 Å². The predicted octanol–water partition coefficient (Wildman–Crippen LogP) is 2.97. The average Bonchev–Trinajstić information content (AvgIpc) is 3.04. The maximum Gasteiger partial charge on any atom is 0.191 e. The summed E-state index contributed by atoms with van der Waals surface area (Å²) in [4.78, 5) is 5.54. The number of thiophene rings is 1. The number of rotatable bonds is 6. The zero-order valence-corrected chi connectivity index (χ0v) is 14.2. The molecule has 0 unspecified atom stereocenters. The number of nitrogens with one attached hydrogen (secondary N) is 2. The fourth-order valence-electron chi connectivity index (χ4n) is 2.22. The first-order valence-electron chi connectivity index (χ1n) is 7.33. The Morgan fingerprint density at radius 2 is 2.14 bits per heavy atom. The van der Waals surface area contributed by atoms with Crippen molar-refractivity contribution in [2.45, 2.75) is 19.9 Å². The van der Waals surface area contributed by atoms with Gasteiger partial charge < -0.3 is 15.4 Å². The zero-order chi connectivity index (χ0) is 15.8. The normalized spacial score (nSPS) is 11.3. The first kappa shape index (κ1) is 16.4. The zero-order valence-electron chi connectivity index (χ0n) is 13.3. The first-order valence-corrected chi connectivity index (χ1v) is 8.21. The van der Waals surface area contributed by atoms with Gasteiger partial charge in [0.2, 0.25) is 0 Å². The summed E-state index contributed by atoms with van der Waals surface area (Å²) in [6.45, 7) is 3.70. The van der Waals surface area contributed by atoms with Crippen LogP contribution in [0.15, 0.2) is 40.7 Å². The van der Waals surface area contributed by atoms with Gasteiger partial charge >= 0.3 is 0 Å². The van der Waals surface area contributed by atoms with Crippen molar-refractivity contribution in [2.24, 2.45) is 4.99 Å². The van der Waals surface area contributed by atoms with E-state index >= 15 is 0 Å². The van der Waals surface area contributed by atoms with Gasteiger partial charge in [-0.25, -0.2) is 0 Å². The molecule has 0 saturated heterocycles. The van der Waals surface area contributed by atoms with Gasteiger partial charge in [-0.1, -0.05) is 23.8 Å².